The van der Waals surface area contributed by atoms with Gasteiger partial charge >= 0.3 is 0 Å². The van der Waals surface area contributed by atoms with Gasteiger partial charge < -0.3 is 0 Å². The highest BCUT2D eigenvalue weighted by molar-refractivity contribution is 9.10. The van der Waals surface area contributed by atoms with Crippen molar-refractivity contribution in [1.29, 1.82) is 0 Å². The lowest BCUT2D eigenvalue weighted by molar-refractivity contribution is 0.547. The fourth-order valence-electron chi connectivity index (χ4n) is 2.00. The molecular formula is C15H16BrFN2. The number of nitrogens with two attached hydrogens (primary N) is 1. The molecule has 0 saturated heterocycles. The Labute approximate surface area is 120 Å². The third-order valence-corrected chi connectivity index (χ3v) is 3.79. The molecule has 2 aromatic carbocycles. The van der Waals surface area contributed by atoms with Gasteiger partial charge in [0.2, 0.25) is 0 Å². The van der Waals surface area contributed by atoms with Crippen LogP contribution in [0.2, 0.25) is 0 Å². The zero-order valence-electron chi connectivity index (χ0n) is 10.7. The highest BCUT2D eigenvalue weighted by Gasteiger charge is 2.14. The molecule has 0 spiro atoms. The van der Waals surface area contributed by atoms with Gasteiger partial charge in [0.1, 0.15) is 5.82 Å². The summed E-state index contributed by atoms with van der Waals surface area (Å²) < 4.78 is 13.8. The van der Waals surface area contributed by atoms with Crippen LogP contribution >= 0.6 is 15.9 Å². The molecule has 0 radical (unpaired) electrons. The van der Waals surface area contributed by atoms with Crippen molar-refractivity contribution in [2.45, 2.75) is 19.4 Å². The number of hydrogen-bond acceptors (Lipinski definition) is 2. The van der Waals surface area contributed by atoms with E-state index in [-0.39, 0.29) is 11.9 Å². The summed E-state index contributed by atoms with van der Waals surface area (Å²) in [5.74, 6) is 5.36. The first-order valence-corrected chi connectivity index (χ1v) is 6.86. The number of benzene rings is 2. The van der Waals surface area contributed by atoms with Crippen molar-refractivity contribution in [2.75, 3.05) is 0 Å². The third kappa shape index (κ3) is 3.62. The van der Waals surface area contributed by atoms with Crippen molar-refractivity contribution in [1.82, 2.24) is 5.43 Å². The van der Waals surface area contributed by atoms with Crippen LogP contribution in [-0.2, 0) is 6.42 Å². The van der Waals surface area contributed by atoms with E-state index in [0.29, 0.717) is 0 Å². The van der Waals surface area contributed by atoms with Crippen LogP contribution in [0.4, 0.5) is 4.39 Å². The molecule has 0 fully saturated rings. The molecule has 19 heavy (non-hydrogen) atoms. The van der Waals surface area contributed by atoms with E-state index >= 15 is 0 Å². The van der Waals surface area contributed by atoms with Crippen molar-refractivity contribution in [2.24, 2.45) is 5.84 Å². The van der Waals surface area contributed by atoms with Crippen LogP contribution in [0.1, 0.15) is 22.7 Å². The van der Waals surface area contributed by atoms with Gasteiger partial charge in [-0.2, -0.15) is 0 Å². The maximum Gasteiger partial charge on any atom is 0.124 e. The monoisotopic (exact) mass is 322 g/mol. The Morgan fingerprint density at radius 1 is 1.21 bits per heavy atom. The minimum absolute atomic E-state index is 0.0577. The fraction of sp³-hybridized carbons (Fsp3) is 0.200. The van der Waals surface area contributed by atoms with Gasteiger partial charge in [0.05, 0.1) is 6.04 Å². The second-order valence-corrected chi connectivity index (χ2v) is 5.43. The predicted octanol–water partition coefficient (Wildman–Crippen LogP) is 3.64. The Morgan fingerprint density at radius 3 is 2.47 bits per heavy atom. The van der Waals surface area contributed by atoms with E-state index in [1.54, 1.807) is 6.07 Å². The molecule has 0 aromatic heterocycles. The number of nitrogens with one attached hydrogen (secondary N) is 1. The van der Waals surface area contributed by atoms with Crippen LogP contribution in [0.15, 0.2) is 46.9 Å². The maximum atomic E-state index is 13.1. The third-order valence-electron chi connectivity index (χ3n) is 3.10. The molecule has 2 aromatic rings. The number of hydrazine groups is 1. The van der Waals surface area contributed by atoms with E-state index in [4.69, 9.17) is 5.84 Å². The van der Waals surface area contributed by atoms with E-state index in [1.807, 2.05) is 0 Å². The van der Waals surface area contributed by atoms with Crippen LogP contribution in [0.25, 0.3) is 0 Å². The normalized spacial score (nSPS) is 12.4. The highest BCUT2D eigenvalue weighted by atomic mass is 79.9. The minimum Gasteiger partial charge on any atom is -0.271 e. The Balaban J connectivity index is 2.22. The van der Waals surface area contributed by atoms with Crippen LogP contribution in [-0.4, -0.2) is 0 Å². The van der Waals surface area contributed by atoms with Crippen molar-refractivity contribution in [3.05, 3.63) is 69.4 Å². The van der Waals surface area contributed by atoms with Gasteiger partial charge in [-0.3, -0.25) is 11.3 Å². The van der Waals surface area contributed by atoms with Crippen LogP contribution in [0.5, 0.6) is 0 Å². The molecule has 2 rings (SSSR count). The molecule has 0 aliphatic heterocycles. The van der Waals surface area contributed by atoms with Gasteiger partial charge in [-0.05, 0) is 36.6 Å². The molecule has 3 N–H and O–H groups in total. The van der Waals surface area contributed by atoms with Crippen LogP contribution in [0, 0.1) is 12.7 Å². The molecule has 0 saturated carbocycles. The molecule has 0 heterocycles. The number of hydrogen-bond donors (Lipinski definition) is 2. The van der Waals surface area contributed by atoms with E-state index in [9.17, 15) is 4.39 Å². The number of rotatable bonds is 4. The van der Waals surface area contributed by atoms with Crippen LogP contribution in [0.3, 0.4) is 0 Å². The maximum absolute atomic E-state index is 13.1. The lowest BCUT2D eigenvalue weighted by Crippen LogP contribution is -2.29. The topological polar surface area (TPSA) is 38.0 Å². The molecule has 1 atom stereocenters. The van der Waals surface area contributed by atoms with Crippen molar-refractivity contribution < 1.29 is 4.39 Å². The number of aryl methyl sites for hydroxylation is 1. The summed E-state index contributed by atoms with van der Waals surface area (Å²) in [7, 11) is 0. The van der Waals surface area contributed by atoms with Crippen molar-refractivity contribution >= 4 is 15.9 Å². The van der Waals surface area contributed by atoms with E-state index < -0.39 is 0 Å². The average Bonchev–Trinajstić information content (AvgIpc) is 2.39. The van der Waals surface area contributed by atoms with Crippen LogP contribution < -0.4 is 11.3 Å². The van der Waals surface area contributed by atoms with Gasteiger partial charge in [-0.15, -0.1) is 0 Å². The van der Waals surface area contributed by atoms with Gasteiger partial charge in [-0.25, -0.2) is 4.39 Å². The first kappa shape index (κ1) is 14.2. The first-order valence-electron chi connectivity index (χ1n) is 6.07. The van der Waals surface area contributed by atoms with Gasteiger partial charge in [0.15, 0.2) is 0 Å². The standard InChI is InChI=1S/C15H16BrFN2/c1-10-2-4-11(5-3-10)8-15(19-18)13-7-6-12(17)9-14(13)16/h2-7,9,15,19H,8,18H2,1H3. The molecule has 100 valence electrons. The molecule has 0 amide bonds. The molecule has 0 bridgehead atoms. The minimum atomic E-state index is -0.262. The molecule has 0 aliphatic rings. The fourth-order valence-corrected chi connectivity index (χ4v) is 2.63. The van der Waals surface area contributed by atoms with Gasteiger partial charge in [0.25, 0.3) is 0 Å². The first-order chi connectivity index (χ1) is 9.10. The zero-order chi connectivity index (χ0) is 13.8. The summed E-state index contributed by atoms with van der Waals surface area (Å²) in [5.41, 5.74) is 6.15. The summed E-state index contributed by atoms with van der Waals surface area (Å²) in [6, 6.07) is 12.9. The average molecular weight is 323 g/mol. The van der Waals surface area contributed by atoms with Gasteiger partial charge in [-0.1, -0.05) is 51.8 Å². The predicted molar refractivity (Wildman–Crippen MR) is 79.0 cm³/mol. The van der Waals surface area contributed by atoms with E-state index in [0.717, 1.165) is 16.5 Å². The van der Waals surface area contributed by atoms with Crippen molar-refractivity contribution in [3.8, 4) is 0 Å². The van der Waals surface area contributed by atoms with E-state index in [1.165, 1.54) is 23.3 Å². The molecule has 4 heteroatoms. The lowest BCUT2D eigenvalue weighted by atomic mass is 9.99. The van der Waals surface area contributed by atoms with Gasteiger partial charge in [0, 0.05) is 4.47 Å². The lowest BCUT2D eigenvalue weighted by Gasteiger charge is -2.18. The smallest absolute Gasteiger partial charge is 0.124 e. The Kier molecular flexibility index (Phi) is 4.69. The summed E-state index contributed by atoms with van der Waals surface area (Å²) in [5, 5.41) is 0. The second-order valence-electron chi connectivity index (χ2n) is 4.57. The summed E-state index contributed by atoms with van der Waals surface area (Å²) in [6.45, 7) is 2.05. The molecule has 2 nitrogen and oxygen atoms in total. The Bertz CT molecular complexity index is 555. The Morgan fingerprint density at radius 2 is 1.89 bits per heavy atom. The zero-order valence-corrected chi connectivity index (χ0v) is 12.2. The second kappa shape index (κ2) is 6.28. The summed E-state index contributed by atoms with van der Waals surface area (Å²) >= 11 is 3.38. The van der Waals surface area contributed by atoms with E-state index in [2.05, 4.69) is 52.5 Å². The summed E-state index contributed by atoms with van der Waals surface area (Å²) in [4.78, 5) is 0. The number of halogens is 2. The van der Waals surface area contributed by atoms with Crippen molar-refractivity contribution in [3.63, 3.8) is 0 Å². The quantitative estimate of drug-likeness (QED) is 0.666. The molecular weight excluding hydrogens is 307 g/mol. The molecule has 0 aliphatic carbocycles. The highest BCUT2D eigenvalue weighted by Crippen LogP contribution is 2.26. The summed E-state index contributed by atoms with van der Waals surface area (Å²) in [6.07, 6.45) is 0.751. The largest absolute Gasteiger partial charge is 0.271 e. The Hall–Kier alpha value is -1.23. The molecule has 1 unspecified atom stereocenters. The SMILES string of the molecule is Cc1ccc(CC(NN)c2ccc(F)cc2Br)cc1.